The zero-order valence-corrected chi connectivity index (χ0v) is 10.1. The van der Waals surface area contributed by atoms with Crippen molar-refractivity contribution in [3.05, 3.63) is 11.1 Å². The number of rotatable bonds is 3. The molecule has 5 heteroatoms. The van der Waals surface area contributed by atoms with Crippen LogP contribution >= 0.6 is 23.4 Å². The third kappa shape index (κ3) is 2.02. The van der Waals surface area contributed by atoms with Gasteiger partial charge in [0.1, 0.15) is 5.82 Å². The molecule has 1 unspecified atom stereocenters. The van der Waals surface area contributed by atoms with Gasteiger partial charge < -0.3 is 4.57 Å². The van der Waals surface area contributed by atoms with Crippen molar-refractivity contribution in [3.8, 4) is 0 Å². The lowest BCUT2D eigenvalue weighted by atomic mass is 10.1. The van der Waals surface area contributed by atoms with Crippen molar-refractivity contribution >= 4 is 23.4 Å². The zero-order chi connectivity index (χ0) is 10.3. The number of hydrogen-bond donors (Lipinski definition) is 0. The SMILES string of the molecule is Clc1nnc(C2CC2)n1CC1CCSC1. The molecular weight excluding hydrogens is 230 g/mol. The summed E-state index contributed by atoms with van der Waals surface area (Å²) < 4.78 is 2.13. The van der Waals surface area contributed by atoms with Crippen LogP contribution in [0.4, 0.5) is 0 Å². The summed E-state index contributed by atoms with van der Waals surface area (Å²) in [4.78, 5) is 0. The smallest absolute Gasteiger partial charge is 0.225 e. The molecule has 1 aliphatic carbocycles. The minimum Gasteiger partial charge on any atom is -0.301 e. The van der Waals surface area contributed by atoms with Crippen molar-refractivity contribution in [3.63, 3.8) is 0 Å². The second-order valence-corrected chi connectivity index (χ2v) is 5.93. The normalized spacial score (nSPS) is 26.1. The number of halogens is 1. The highest BCUT2D eigenvalue weighted by molar-refractivity contribution is 7.99. The minimum absolute atomic E-state index is 0.578. The summed E-state index contributed by atoms with van der Waals surface area (Å²) in [6, 6.07) is 0. The van der Waals surface area contributed by atoms with E-state index >= 15 is 0 Å². The largest absolute Gasteiger partial charge is 0.301 e. The first-order valence-corrected chi connectivity index (χ1v) is 7.04. The molecule has 2 heterocycles. The fraction of sp³-hybridized carbons (Fsp3) is 0.800. The van der Waals surface area contributed by atoms with Crippen molar-refractivity contribution in [2.24, 2.45) is 5.92 Å². The molecule has 2 fully saturated rings. The van der Waals surface area contributed by atoms with Gasteiger partial charge in [0, 0.05) is 12.5 Å². The van der Waals surface area contributed by atoms with Gasteiger partial charge in [-0.1, -0.05) is 0 Å². The van der Waals surface area contributed by atoms with Crippen LogP contribution in [-0.4, -0.2) is 26.3 Å². The van der Waals surface area contributed by atoms with Gasteiger partial charge >= 0.3 is 0 Å². The predicted molar refractivity (Wildman–Crippen MR) is 62.4 cm³/mol. The molecule has 3 nitrogen and oxygen atoms in total. The van der Waals surface area contributed by atoms with Crippen LogP contribution in [0.5, 0.6) is 0 Å². The van der Waals surface area contributed by atoms with Crippen molar-refractivity contribution in [2.45, 2.75) is 31.7 Å². The third-order valence-electron chi connectivity index (χ3n) is 3.14. The summed E-state index contributed by atoms with van der Waals surface area (Å²) >= 11 is 8.12. The van der Waals surface area contributed by atoms with Crippen LogP contribution in [0.3, 0.4) is 0 Å². The molecule has 15 heavy (non-hydrogen) atoms. The van der Waals surface area contributed by atoms with Gasteiger partial charge in [-0.3, -0.25) is 0 Å². The Morgan fingerprint density at radius 2 is 2.20 bits per heavy atom. The number of aromatic nitrogens is 3. The molecule has 0 radical (unpaired) electrons. The molecule has 1 saturated carbocycles. The Morgan fingerprint density at radius 3 is 2.87 bits per heavy atom. The average Bonchev–Trinajstić information content (AvgIpc) is 2.82. The summed E-state index contributed by atoms with van der Waals surface area (Å²) in [6.45, 7) is 1.02. The van der Waals surface area contributed by atoms with Crippen LogP contribution in [-0.2, 0) is 6.54 Å². The summed E-state index contributed by atoms with van der Waals surface area (Å²) in [6.07, 6.45) is 3.83. The number of thioether (sulfide) groups is 1. The van der Waals surface area contributed by atoms with Crippen LogP contribution in [0, 0.1) is 5.92 Å². The van der Waals surface area contributed by atoms with Gasteiger partial charge in [0.25, 0.3) is 0 Å². The Bertz CT molecular complexity index is 356. The third-order valence-corrected chi connectivity index (χ3v) is 4.65. The summed E-state index contributed by atoms with van der Waals surface area (Å²) in [7, 11) is 0. The Hall–Kier alpha value is -0.220. The van der Waals surface area contributed by atoms with Gasteiger partial charge in [0.2, 0.25) is 5.28 Å². The molecular formula is C10H14ClN3S. The molecule has 2 aliphatic rings. The molecule has 1 aliphatic heterocycles. The molecule has 1 aromatic rings. The molecule has 3 rings (SSSR count). The lowest BCUT2D eigenvalue weighted by Gasteiger charge is -2.11. The van der Waals surface area contributed by atoms with E-state index in [1.165, 1.54) is 30.8 Å². The summed E-state index contributed by atoms with van der Waals surface area (Å²) in [5.41, 5.74) is 0. The van der Waals surface area contributed by atoms with Gasteiger partial charge in [-0.25, -0.2) is 0 Å². The van der Waals surface area contributed by atoms with E-state index in [-0.39, 0.29) is 0 Å². The lowest BCUT2D eigenvalue weighted by molar-refractivity contribution is 0.480. The van der Waals surface area contributed by atoms with Crippen LogP contribution in [0.15, 0.2) is 0 Å². The van der Waals surface area contributed by atoms with Crippen LogP contribution in [0.25, 0.3) is 0 Å². The molecule has 0 amide bonds. The molecule has 0 N–H and O–H groups in total. The highest BCUT2D eigenvalue weighted by Gasteiger charge is 2.31. The van der Waals surface area contributed by atoms with E-state index in [9.17, 15) is 0 Å². The Morgan fingerprint density at radius 1 is 1.33 bits per heavy atom. The topological polar surface area (TPSA) is 30.7 Å². The van der Waals surface area contributed by atoms with Gasteiger partial charge in [-0.15, -0.1) is 10.2 Å². The van der Waals surface area contributed by atoms with Gasteiger partial charge in [-0.2, -0.15) is 11.8 Å². The molecule has 82 valence electrons. The summed E-state index contributed by atoms with van der Waals surface area (Å²) in [5, 5.41) is 8.76. The van der Waals surface area contributed by atoms with E-state index in [2.05, 4.69) is 14.8 Å². The van der Waals surface area contributed by atoms with E-state index in [1.54, 1.807) is 0 Å². The van der Waals surface area contributed by atoms with E-state index < -0.39 is 0 Å². The maximum Gasteiger partial charge on any atom is 0.225 e. The van der Waals surface area contributed by atoms with Crippen molar-refractivity contribution in [1.29, 1.82) is 0 Å². The molecule has 0 aromatic carbocycles. The Balaban J connectivity index is 1.79. The molecule has 0 bridgehead atoms. The standard InChI is InChI=1S/C10H14ClN3S/c11-10-13-12-9(8-1-2-8)14(10)5-7-3-4-15-6-7/h7-8H,1-6H2. The van der Waals surface area contributed by atoms with Crippen LogP contribution < -0.4 is 0 Å². The maximum absolute atomic E-state index is 6.08. The van der Waals surface area contributed by atoms with Gasteiger partial charge in [-0.05, 0) is 48.3 Å². The van der Waals surface area contributed by atoms with Crippen molar-refractivity contribution < 1.29 is 0 Å². The van der Waals surface area contributed by atoms with E-state index in [0.29, 0.717) is 11.2 Å². The molecule has 0 spiro atoms. The van der Waals surface area contributed by atoms with E-state index in [1.807, 2.05) is 11.8 Å². The number of hydrogen-bond acceptors (Lipinski definition) is 3. The zero-order valence-electron chi connectivity index (χ0n) is 8.53. The molecule has 1 aromatic heterocycles. The molecule has 1 saturated heterocycles. The van der Waals surface area contributed by atoms with Crippen molar-refractivity contribution in [1.82, 2.24) is 14.8 Å². The van der Waals surface area contributed by atoms with Crippen LogP contribution in [0.1, 0.15) is 31.0 Å². The van der Waals surface area contributed by atoms with Gasteiger partial charge in [0.05, 0.1) is 0 Å². The fourth-order valence-corrected chi connectivity index (χ4v) is 3.56. The first kappa shape index (κ1) is 9.97. The monoisotopic (exact) mass is 243 g/mol. The van der Waals surface area contributed by atoms with Crippen molar-refractivity contribution in [2.75, 3.05) is 11.5 Å². The van der Waals surface area contributed by atoms with E-state index in [4.69, 9.17) is 11.6 Å². The fourth-order valence-electron chi connectivity index (χ4n) is 2.09. The highest BCUT2D eigenvalue weighted by Crippen LogP contribution is 2.40. The average molecular weight is 244 g/mol. The molecule has 1 atom stereocenters. The first-order valence-electron chi connectivity index (χ1n) is 5.51. The second-order valence-electron chi connectivity index (χ2n) is 4.44. The summed E-state index contributed by atoms with van der Waals surface area (Å²) in [5.74, 6) is 5.08. The minimum atomic E-state index is 0.578. The maximum atomic E-state index is 6.08. The predicted octanol–water partition coefficient (Wildman–Crippen LogP) is 2.56. The van der Waals surface area contributed by atoms with E-state index in [0.717, 1.165) is 18.3 Å². The Labute approximate surface area is 98.6 Å². The Kier molecular flexibility index (Phi) is 2.64. The quantitative estimate of drug-likeness (QED) is 0.818. The highest BCUT2D eigenvalue weighted by atomic mass is 35.5. The van der Waals surface area contributed by atoms with Crippen LogP contribution in [0.2, 0.25) is 5.28 Å². The second kappa shape index (κ2) is 3.98. The number of nitrogens with zero attached hydrogens (tertiary/aromatic N) is 3. The lowest BCUT2D eigenvalue weighted by Crippen LogP contribution is -2.12. The van der Waals surface area contributed by atoms with Gasteiger partial charge in [0.15, 0.2) is 0 Å². The first-order chi connectivity index (χ1) is 7.34.